The van der Waals surface area contributed by atoms with E-state index in [1.54, 1.807) is 4.57 Å². The maximum absolute atomic E-state index is 12.9. The molecular weight excluding hydrogens is 367 g/mol. The predicted octanol–water partition coefficient (Wildman–Crippen LogP) is 4.60. The summed E-state index contributed by atoms with van der Waals surface area (Å²) in [6.07, 6.45) is 6.62. The van der Waals surface area contributed by atoms with Crippen LogP contribution in [0, 0.1) is 0 Å². The van der Waals surface area contributed by atoms with Crippen molar-refractivity contribution in [2.45, 2.75) is 76.2 Å². The molecule has 1 aliphatic heterocycles. The Morgan fingerprint density at radius 2 is 1.82 bits per heavy atom. The molecule has 0 N–H and O–H groups in total. The normalized spacial score (nSPS) is 22.2. The van der Waals surface area contributed by atoms with Crippen LogP contribution in [0.2, 0.25) is 0 Å². The summed E-state index contributed by atoms with van der Waals surface area (Å²) in [5, 5.41) is 0.242. The fourth-order valence-corrected chi connectivity index (χ4v) is 4.83. The van der Waals surface area contributed by atoms with Gasteiger partial charge in [-0.05, 0) is 56.8 Å². The van der Waals surface area contributed by atoms with Gasteiger partial charge in [0.1, 0.15) is 0 Å². The van der Waals surface area contributed by atoms with Crippen molar-refractivity contribution in [3.63, 3.8) is 0 Å². The van der Waals surface area contributed by atoms with Gasteiger partial charge in [-0.25, -0.2) is 4.98 Å². The topological polar surface area (TPSA) is 38.1 Å². The molecule has 1 saturated heterocycles. The van der Waals surface area contributed by atoms with Crippen molar-refractivity contribution in [1.29, 1.82) is 0 Å². The maximum atomic E-state index is 12.9. The summed E-state index contributed by atoms with van der Waals surface area (Å²) in [4.78, 5) is 19.5. The summed E-state index contributed by atoms with van der Waals surface area (Å²) in [6, 6.07) is 4.31. The van der Waals surface area contributed by atoms with Gasteiger partial charge < -0.3 is 0 Å². The molecule has 28 heavy (non-hydrogen) atoms. The highest BCUT2D eigenvalue weighted by atomic mass is 19.4. The third kappa shape index (κ3) is 3.95. The SMILES string of the molecule is O=c1c2ccc(C(F)(F)F)cc2ncn1CC[C@@H]1CCCCN1C1CCCC1. The van der Waals surface area contributed by atoms with Gasteiger partial charge in [-0.3, -0.25) is 14.3 Å². The van der Waals surface area contributed by atoms with Crippen molar-refractivity contribution in [3.8, 4) is 0 Å². The van der Waals surface area contributed by atoms with Gasteiger partial charge in [-0.1, -0.05) is 19.3 Å². The molecule has 2 aliphatic rings. The number of piperidine rings is 1. The van der Waals surface area contributed by atoms with Crippen LogP contribution in [0.4, 0.5) is 13.2 Å². The zero-order valence-electron chi connectivity index (χ0n) is 15.9. The van der Waals surface area contributed by atoms with E-state index in [9.17, 15) is 18.0 Å². The molecule has 0 amide bonds. The Morgan fingerprint density at radius 1 is 1.07 bits per heavy atom. The Balaban J connectivity index is 1.51. The minimum absolute atomic E-state index is 0.0984. The number of nitrogens with zero attached hydrogens (tertiary/aromatic N) is 3. The number of halogens is 3. The van der Waals surface area contributed by atoms with Gasteiger partial charge in [0.15, 0.2) is 0 Å². The molecule has 0 radical (unpaired) electrons. The van der Waals surface area contributed by atoms with Gasteiger partial charge in [0, 0.05) is 18.6 Å². The summed E-state index contributed by atoms with van der Waals surface area (Å²) in [6.45, 7) is 1.69. The number of benzene rings is 1. The van der Waals surface area contributed by atoms with Crippen molar-refractivity contribution in [3.05, 3.63) is 40.4 Å². The average molecular weight is 393 g/mol. The Labute approximate surface area is 162 Å². The molecule has 0 bridgehead atoms. The van der Waals surface area contributed by atoms with Crippen LogP contribution >= 0.6 is 0 Å². The van der Waals surface area contributed by atoms with Crippen LogP contribution in [0.1, 0.15) is 56.9 Å². The summed E-state index contributed by atoms with van der Waals surface area (Å²) in [5.74, 6) is 0. The molecule has 4 rings (SSSR count). The minimum Gasteiger partial charge on any atom is -0.299 e. The molecule has 1 aromatic heterocycles. The molecule has 2 heterocycles. The first-order valence-corrected chi connectivity index (χ1v) is 10.3. The molecule has 1 aliphatic carbocycles. The van der Waals surface area contributed by atoms with E-state index in [0.29, 0.717) is 18.6 Å². The molecule has 0 spiro atoms. The van der Waals surface area contributed by atoms with Crippen LogP contribution in [-0.4, -0.2) is 33.1 Å². The third-order valence-electron chi connectivity index (χ3n) is 6.32. The Morgan fingerprint density at radius 3 is 2.57 bits per heavy atom. The lowest BCUT2D eigenvalue weighted by molar-refractivity contribution is -0.137. The molecule has 2 aromatic rings. The molecular formula is C21H26F3N3O. The summed E-state index contributed by atoms with van der Waals surface area (Å²) in [7, 11) is 0. The van der Waals surface area contributed by atoms with Crippen LogP contribution in [0.25, 0.3) is 10.9 Å². The van der Waals surface area contributed by atoms with E-state index in [0.717, 1.165) is 31.5 Å². The van der Waals surface area contributed by atoms with E-state index >= 15 is 0 Å². The number of rotatable bonds is 4. The maximum Gasteiger partial charge on any atom is 0.416 e. The minimum atomic E-state index is -4.44. The highest BCUT2D eigenvalue weighted by molar-refractivity contribution is 5.78. The first-order valence-electron chi connectivity index (χ1n) is 10.3. The highest BCUT2D eigenvalue weighted by Crippen LogP contribution is 2.31. The fraction of sp³-hybridized carbons (Fsp3) is 0.619. The molecule has 7 heteroatoms. The zero-order chi connectivity index (χ0) is 19.7. The first-order chi connectivity index (χ1) is 13.4. The van der Waals surface area contributed by atoms with Gasteiger partial charge in [0.25, 0.3) is 5.56 Å². The molecule has 4 nitrogen and oxygen atoms in total. The van der Waals surface area contributed by atoms with Crippen LogP contribution < -0.4 is 5.56 Å². The van der Waals surface area contributed by atoms with Crippen molar-refractivity contribution < 1.29 is 13.2 Å². The molecule has 2 fully saturated rings. The van der Waals surface area contributed by atoms with Crippen molar-refractivity contribution >= 4 is 10.9 Å². The highest BCUT2D eigenvalue weighted by Gasteiger charge is 2.31. The van der Waals surface area contributed by atoms with E-state index in [-0.39, 0.29) is 16.5 Å². The average Bonchev–Trinajstić information content (AvgIpc) is 3.21. The Bertz CT molecular complexity index is 887. The smallest absolute Gasteiger partial charge is 0.299 e. The van der Waals surface area contributed by atoms with Crippen molar-refractivity contribution in [2.24, 2.45) is 0 Å². The van der Waals surface area contributed by atoms with Gasteiger partial charge in [-0.15, -0.1) is 0 Å². The number of hydrogen-bond donors (Lipinski definition) is 0. The molecule has 152 valence electrons. The lowest BCUT2D eigenvalue weighted by Crippen LogP contribution is -2.45. The number of fused-ring (bicyclic) bond motifs is 1. The standard InChI is InChI=1S/C21H26F3N3O/c22-21(23,24)15-8-9-18-19(13-15)25-14-26(20(18)28)12-10-17-7-3-4-11-27(17)16-5-1-2-6-16/h8-9,13-14,16-17H,1-7,10-12H2/t17-/m0/s1. The van der Waals surface area contributed by atoms with E-state index in [2.05, 4.69) is 9.88 Å². The lowest BCUT2D eigenvalue weighted by Gasteiger charge is -2.40. The second kappa shape index (κ2) is 7.85. The number of likely N-dealkylation sites (tertiary alicyclic amines) is 1. The van der Waals surface area contributed by atoms with Crippen LogP contribution in [-0.2, 0) is 12.7 Å². The number of alkyl halides is 3. The zero-order valence-corrected chi connectivity index (χ0v) is 15.9. The molecule has 1 atom stereocenters. The van der Waals surface area contributed by atoms with E-state index in [1.807, 2.05) is 0 Å². The van der Waals surface area contributed by atoms with Crippen LogP contribution in [0.3, 0.4) is 0 Å². The van der Waals surface area contributed by atoms with E-state index in [1.165, 1.54) is 50.9 Å². The van der Waals surface area contributed by atoms with Crippen LogP contribution in [0.5, 0.6) is 0 Å². The van der Waals surface area contributed by atoms with Gasteiger partial charge >= 0.3 is 6.18 Å². The van der Waals surface area contributed by atoms with Gasteiger partial charge in [-0.2, -0.15) is 13.2 Å². The Hall–Kier alpha value is -1.89. The largest absolute Gasteiger partial charge is 0.416 e. The quantitative estimate of drug-likeness (QED) is 0.762. The predicted molar refractivity (Wildman–Crippen MR) is 102 cm³/mol. The molecule has 1 aromatic carbocycles. The van der Waals surface area contributed by atoms with E-state index < -0.39 is 11.7 Å². The Kier molecular flexibility index (Phi) is 5.45. The monoisotopic (exact) mass is 393 g/mol. The molecule has 1 saturated carbocycles. The second-order valence-electron chi connectivity index (χ2n) is 8.09. The fourth-order valence-electron chi connectivity index (χ4n) is 4.83. The van der Waals surface area contributed by atoms with E-state index in [4.69, 9.17) is 0 Å². The summed E-state index contributed by atoms with van der Waals surface area (Å²) >= 11 is 0. The summed E-state index contributed by atoms with van der Waals surface area (Å²) in [5.41, 5.74) is -0.942. The van der Waals surface area contributed by atoms with Crippen molar-refractivity contribution in [2.75, 3.05) is 6.54 Å². The van der Waals surface area contributed by atoms with Crippen LogP contribution in [0.15, 0.2) is 29.3 Å². The third-order valence-corrected chi connectivity index (χ3v) is 6.32. The van der Waals surface area contributed by atoms with Gasteiger partial charge in [0.2, 0.25) is 0 Å². The first kappa shape index (κ1) is 19.4. The number of aromatic nitrogens is 2. The number of aryl methyl sites for hydroxylation is 1. The molecule has 0 unspecified atom stereocenters. The van der Waals surface area contributed by atoms with Crippen molar-refractivity contribution in [1.82, 2.24) is 14.5 Å². The second-order valence-corrected chi connectivity index (χ2v) is 8.09. The number of hydrogen-bond acceptors (Lipinski definition) is 3. The van der Waals surface area contributed by atoms with Gasteiger partial charge in [0.05, 0.1) is 22.8 Å². The summed E-state index contributed by atoms with van der Waals surface area (Å²) < 4.78 is 40.2. The lowest BCUT2D eigenvalue weighted by atomic mass is 9.96.